The topological polar surface area (TPSA) is 99.4 Å². The van der Waals surface area contributed by atoms with Gasteiger partial charge in [-0.05, 0) is 66.6 Å². The normalized spacial score (nSPS) is 13.0. The fourth-order valence-corrected chi connectivity index (χ4v) is 5.06. The second-order valence-corrected chi connectivity index (χ2v) is 10.4. The summed E-state index contributed by atoms with van der Waals surface area (Å²) in [6.07, 6.45) is -5.12. The number of aryl methyl sites for hydroxylation is 1. The quantitative estimate of drug-likeness (QED) is 0.130. The third kappa shape index (κ3) is 6.53. The van der Waals surface area contributed by atoms with Crippen molar-refractivity contribution < 1.29 is 30.9 Å². The van der Waals surface area contributed by atoms with Crippen molar-refractivity contribution in [3.63, 3.8) is 0 Å². The van der Waals surface area contributed by atoms with Crippen LogP contribution in [0.25, 0.3) is 22.5 Å². The first-order valence-electron chi connectivity index (χ1n) is 11.7. The SMILES string of the molecule is Cc1nc(C(F)F)c(Cl)n1-c1ccc(-c2cccc(S(C)=O)c2)cc1N(N)/C(=C\N)c1ccc(OC(F)(F)F)cc1. The Morgan fingerprint density at radius 2 is 1.76 bits per heavy atom. The van der Waals surface area contributed by atoms with Gasteiger partial charge < -0.3 is 10.5 Å². The van der Waals surface area contributed by atoms with Gasteiger partial charge in [-0.25, -0.2) is 19.6 Å². The number of hydrogen-bond acceptors (Lipinski definition) is 6. The number of ether oxygens (including phenoxy) is 1. The second kappa shape index (κ2) is 11.9. The number of aromatic nitrogens is 2. The molecule has 0 saturated carbocycles. The predicted octanol–water partition coefficient (Wildman–Crippen LogP) is 6.71. The molecule has 0 aliphatic carbocycles. The van der Waals surface area contributed by atoms with Crippen LogP contribution in [-0.2, 0) is 10.8 Å². The molecule has 41 heavy (non-hydrogen) atoms. The van der Waals surface area contributed by atoms with Crippen molar-refractivity contribution >= 4 is 33.8 Å². The standard InChI is InChI=1S/C27H23ClF5N5O2S/c1-15-36-24(26(29)30)25(28)37(15)21-11-8-18(17-4-3-5-20(12-17)41(2)39)13-22(21)38(35)23(14-34)16-6-9-19(10-7-16)40-27(31,32)33/h3-14,26H,34-35H2,1-2H3/b23-14-. The number of rotatable bonds is 8. The Labute approximate surface area is 239 Å². The first-order chi connectivity index (χ1) is 19.3. The molecule has 216 valence electrons. The monoisotopic (exact) mass is 611 g/mol. The molecule has 1 aromatic heterocycles. The molecule has 0 aliphatic rings. The van der Waals surface area contributed by atoms with Crippen LogP contribution in [0.15, 0.2) is 77.8 Å². The number of halogens is 6. The molecule has 0 bridgehead atoms. The van der Waals surface area contributed by atoms with Crippen LogP contribution in [-0.4, -0.2) is 26.4 Å². The summed E-state index contributed by atoms with van der Waals surface area (Å²) >= 11 is 6.33. The summed E-state index contributed by atoms with van der Waals surface area (Å²) in [5.41, 5.74) is 7.59. The maximum absolute atomic E-state index is 13.6. The highest BCUT2D eigenvalue weighted by Crippen LogP contribution is 2.38. The number of hydrazine groups is 1. The molecule has 4 aromatic rings. The van der Waals surface area contributed by atoms with Crippen molar-refractivity contribution in [2.24, 2.45) is 11.6 Å². The van der Waals surface area contributed by atoms with Gasteiger partial charge in [-0.1, -0.05) is 29.8 Å². The number of imidazole rings is 1. The summed E-state index contributed by atoms with van der Waals surface area (Å²) < 4.78 is 82.4. The molecular weight excluding hydrogens is 589 g/mol. The minimum atomic E-state index is -4.87. The van der Waals surface area contributed by atoms with Crippen LogP contribution in [0.1, 0.15) is 23.5 Å². The lowest BCUT2D eigenvalue weighted by Crippen LogP contribution is -2.31. The van der Waals surface area contributed by atoms with Crippen LogP contribution in [0.3, 0.4) is 0 Å². The number of anilines is 1. The molecule has 1 heterocycles. The smallest absolute Gasteiger partial charge is 0.406 e. The van der Waals surface area contributed by atoms with Crippen LogP contribution in [0.4, 0.5) is 27.6 Å². The van der Waals surface area contributed by atoms with Gasteiger partial charge >= 0.3 is 6.36 Å². The van der Waals surface area contributed by atoms with Gasteiger partial charge in [-0.3, -0.25) is 13.8 Å². The number of nitrogens with zero attached hydrogens (tertiary/aromatic N) is 3. The lowest BCUT2D eigenvalue weighted by atomic mass is 10.0. The van der Waals surface area contributed by atoms with Gasteiger partial charge in [0.25, 0.3) is 6.43 Å². The van der Waals surface area contributed by atoms with Crippen molar-refractivity contribution in [3.8, 4) is 22.6 Å². The summed E-state index contributed by atoms with van der Waals surface area (Å²) in [7, 11) is -1.25. The van der Waals surface area contributed by atoms with Gasteiger partial charge in [0.15, 0.2) is 0 Å². The van der Waals surface area contributed by atoms with Gasteiger partial charge in [0.05, 0.1) is 17.1 Å². The van der Waals surface area contributed by atoms with Crippen molar-refractivity contribution in [3.05, 3.63) is 95.2 Å². The highest BCUT2D eigenvalue weighted by atomic mass is 35.5. The molecule has 0 saturated heterocycles. The zero-order chi connectivity index (χ0) is 30.1. The van der Waals surface area contributed by atoms with Crippen molar-refractivity contribution in [2.45, 2.75) is 24.6 Å². The zero-order valence-electron chi connectivity index (χ0n) is 21.5. The number of nitrogens with two attached hydrogens (primary N) is 2. The van der Waals surface area contributed by atoms with Crippen LogP contribution in [0, 0.1) is 6.92 Å². The first-order valence-corrected chi connectivity index (χ1v) is 13.7. The molecule has 14 heteroatoms. The van der Waals surface area contributed by atoms with Crippen molar-refractivity contribution in [1.82, 2.24) is 9.55 Å². The molecule has 0 amide bonds. The average Bonchev–Trinajstić information content (AvgIpc) is 3.22. The highest BCUT2D eigenvalue weighted by Gasteiger charge is 2.31. The molecule has 7 nitrogen and oxygen atoms in total. The van der Waals surface area contributed by atoms with E-state index in [0.717, 1.165) is 23.3 Å². The number of hydrogen-bond donors (Lipinski definition) is 2. The highest BCUT2D eigenvalue weighted by molar-refractivity contribution is 7.84. The van der Waals surface area contributed by atoms with Crippen molar-refractivity contribution in [2.75, 3.05) is 11.3 Å². The van der Waals surface area contributed by atoms with E-state index < -0.39 is 35.0 Å². The Balaban J connectivity index is 1.87. The lowest BCUT2D eigenvalue weighted by Gasteiger charge is -2.26. The molecule has 0 fully saturated rings. The van der Waals surface area contributed by atoms with E-state index >= 15 is 0 Å². The lowest BCUT2D eigenvalue weighted by molar-refractivity contribution is -0.274. The van der Waals surface area contributed by atoms with E-state index in [2.05, 4.69) is 9.72 Å². The van der Waals surface area contributed by atoms with Gasteiger partial charge in [0.2, 0.25) is 0 Å². The van der Waals surface area contributed by atoms with Crippen molar-refractivity contribution in [1.29, 1.82) is 0 Å². The van der Waals surface area contributed by atoms with Gasteiger partial charge in [-0.15, -0.1) is 13.2 Å². The van der Waals surface area contributed by atoms with Gasteiger partial charge in [0.1, 0.15) is 22.4 Å². The Kier molecular flexibility index (Phi) is 8.71. The molecule has 0 radical (unpaired) electrons. The summed E-state index contributed by atoms with van der Waals surface area (Å²) in [5.74, 6) is 6.26. The molecule has 0 aliphatic heterocycles. The van der Waals surface area contributed by atoms with E-state index in [-0.39, 0.29) is 28.0 Å². The number of benzene rings is 3. The fraction of sp³-hybridized carbons (Fsp3) is 0.148. The largest absolute Gasteiger partial charge is 0.573 e. The summed E-state index contributed by atoms with van der Waals surface area (Å²) in [5, 5.41) is 0.827. The van der Waals surface area contributed by atoms with Crippen LogP contribution >= 0.6 is 11.6 Å². The maximum atomic E-state index is 13.6. The molecule has 0 spiro atoms. The second-order valence-electron chi connectivity index (χ2n) is 8.65. The summed E-state index contributed by atoms with van der Waals surface area (Å²) in [6.45, 7) is 1.50. The van der Waals surface area contributed by atoms with E-state index in [1.54, 1.807) is 48.7 Å². The van der Waals surface area contributed by atoms with E-state index in [1.807, 2.05) is 0 Å². The third-order valence-electron chi connectivity index (χ3n) is 6.00. The Hall–Kier alpha value is -3.94. The molecule has 3 aromatic carbocycles. The molecule has 1 unspecified atom stereocenters. The Bertz CT molecular complexity index is 1620. The Morgan fingerprint density at radius 3 is 2.32 bits per heavy atom. The van der Waals surface area contributed by atoms with E-state index in [4.69, 9.17) is 23.2 Å². The van der Waals surface area contributed by atoms with Crippen LogP contribution < -0.4 is 21.3 Å². The molecule has 4 rings (SSSR count). The maximum Gasteiger partial charge on any atom is 0.573 e. The van der Waals surface area contributed by atoms with Crippen LogP contribution in [0.5, 0.6) is 5.75 Å². The molecule has 4 N–H and O–H groups in total. The average molecular weight is 612 g/mol. The zero-order valence-corrected chi connectivity index (χ0v) is 23.1. The van der Waals surface area contributed by atoms with E-state index in [1.165, 1.54) is 23.6 Å². The minimum Gasteiger partial charge on any atom is -0.406 e. The molecule has 1 atom stereocenters. The third-order valence-corrected chi connectivity index (χ3v) is 7.28. The summed E-state index contributed by atoms with van der Waals surface area (Å²) in [4.78, 5) is 4.48. The van der Waals surface area contributed by atoms with E-state index in [9.17, 15) is 26.2 Å². The molecular formula is C27H23ClF5N5O2S. The predicted molar refractivity (Wildman–Crippen MR) is 148 cm³/mol. The first kappa shape index (κ1) is 30.0. The Morgan fingerprint density at radius 1 is 1.10 bits per heavy atom. The van der Waals surface area contributed by atoms with E-state index in [0.29, 0.717) is 21.6 Å². The van der Waals surface area contributed by atoms with Crippen LogP contribution in [0.2, 0.25) is 5.15 Å². The number of alkyl halides is 5. The fourth-order valence-electron chi connectivity index (χ4n) is 4.16. The minimum absolute atomic E-state index is 0.156. The van der Waals surface area contributed by atoms with Gasteiger partial charge in [-0.2, -0.15) is 0 Å². The van der Waals surface area contributed by atoms with Gasteiger partial charge in [0, 0.05) is 33.7 Å². The summed E-state index contributed by atoms with van der Waals surface area (Å²) in [6, 6.07) is 16.8.